The van der Waals surface area contributed by atoms with Crippen LogP contribution in [-0.4, -0.2) is 12.0 Å². The van der Waals surface area contributed by atoms with Gasteiger partial charge in [0.05, 0.1) is 0 Å². The highest BCUT2D eigenvalue weighted by molar-refractivity contribution is 6.35. The normalized spacial score (nSPS) is 21.4. The van der Waals surface area contributed by atoms with Crippen molar-refractivity contribution >= 4 is 34.9 Å². The Morgan fingerprint density at radius 2 is 1.54 bits per heavy atom. The highest BCUT2D eigenvalue weighted by Gasteiger charge is 2.44. The zero-order valence-corrected chi connectivity index (χ0v) is 16.8. The minimum atomic E-state index is -0.688. The smallest absolute Gasteiger partial charge is 0.329 e. The molecule has 1 heterocycles. The lowest BCUT2D eigenvalue weighted by molar-refractivity contribution is -0.148. The van der Waals surface area contributed by atoms with Gasteiger partial charge >= 0.3 is 5.97 Å². The number of hydrogen-bond acceptors (Lipinski definition) is 3. The van der Waals surface area contributed by atoms with Crippen molar-refractivity contribution in [1.82, 2.24) is 0 Å². The lowest BCUT2D eigenvalue weighted by Gasteiger charge is -2.23. The van der Waals surface area contributed by atoms with Gasteiger partial charge in [0.25, 0.3) is 0 Å². The maximum absolute atomic E-state index is 12.5. The molecular weight excluding hydrogens is 393 g/mol. The first-order valence-corrected chi connectivity index (χ1v) is 9.80. The van der Waals surface area contributed by atoms with Gasteiger partial charge in [0.1, 0.15) is 11.6 Å². The molecule has 1 saturated heterocycles. The maximum Gasteiger partial charge on any atom is 0.329 e. The van der Waals surface area contributed by atoms with Crippen molar-refractivity contribution in [3.63, 3.8) is 0 Å². The molecule has 1 N–H and O–H groups in total. The monoisotopic (exact) mass is 411 g/mol. The lowest BCUT2D eigenvalue weighted by atomic mass is 9.90. The van der Waals surface area contributed by atoms with Crippen LogP contribution >= 0.6 is 23.2 Å². The van der Waals surface area contributed by atoms with Crippen LogP contribution < -0.4 is 5.32 Å². The zero-order chi connectivity index (χ0) is 19.7. The summed E-state index contributed by atoms with van der Waals surface area (Å²) in [5.41, 5.74) is 3.25. The summed E-state index contributed by atoms with van der Waals surface area (Å²) in [5.74, 6) is -0.286. The first kappa shape index (κ1) is 18.9. The maximum atomic E-state index is 12.5. The quantitative estimate of drug-likeness (QED) is 0.511. The van der Waals surface area contributed by atoms with Crippen LogP contribution in [0.15, 0.2) is 72.8 Å². The molecule has 1 aliphatic rings. The van der Waals surface area contributed by atoms with E-state index in [-0.39, 0.29) is 5.97 Å². The zero-order valence-electron chi connectivity index (χ0n) is 15.3. The van der Waals surface area contributed by atoms with Crippen LogP contribution in [0, 0.1) is 0 Å². The molecule has 142 valence electrons. The topological polar surface area (TPSA) is 38.3 Å². The van der Waals surface area contributed by atoms with Crippen LogP contribution in [0.1, 0.15) is 18.9 Å². The summed E-state index contributed by atoms with van der Waals surface area (Å²) in [5, 5.41) is 4.22. The number of anilines is 1. The molecule has 1 fully saturated rings. The molecule has 0 saturated carbocycles. The second-order valence-corrected chi connectivity index (χ2v) is 8.03. The van der Waals surface area contributed by atoms with Crippen molar-refractivity contribution in [2.45, 2.75) is 25.0 Å². The molecule has 4 rings (SSSR count). The molecule has 3 aromatic carbocycles. The molecule has 0 amide bonds. The summed E-state index contributed by atoms with van der Waals surface area (Å²) in [4.78, 5) is 12.5. The van der Waals surface area contributed by atoms with E-state index >= 15 is 0 Å². The van der Waals surface area contributed by atoms with Gasteiger partial charge in [-0.3, -0.25) is 0 Å². The van der Waals surface area contributed by atoms with Crippen LogP contribution in [0.25, 0.3) is 11.1 Å². The predicted octanol–water partition coefficient (Wildman–Crippen LogP) is 6.30. The van der Waals surface area contributed by atoms with Gasteiger partial charge in [-0.2, -0.15) is 0 Å². The summed E-state index contributed by atoms with van der Waals surface area (Å²) in [7, 11) is 0. The molecule has 0 radical (unpaired) electrons. The fraction of sp³-hybridized carbons (Fsp3) is 0.174. The first-order chi connectivity index (χ1) is 13.4. The van der Waals surface area contributed by atoms with Gasteiger partial charge in [0, 0.05) is 22.2 Å². The Balaban J connectivity index is 1.53. The third-order valence-corrected chi connectivity index (χ3v) is 5.45. The summed E-state index contributed by atoms with van der Waals surface area (Å²) in [6.07, 6.45) is 0.515. The van der Waals surface area contributed by atoms with Crippen molar-refractivity contribution in [3.05, 3.63) is 88.4 Å². The molecule has 3 nitrogen and oxygen atoms in total. The van der Waals surface area contributed by atoms with Crippen molar-refractivity contribution in [2.75, 3.05) is 5.32 Å². The Morgan fingerprint density at radius 1 is 0.929 bits per heavy atom. The Kier molecular flexibility index (Phi) is 5.05. The highest BCUT2D eigenvalue weighted by atomic mass is 35.5. The van der Waals surface area contributed by atoms with Crippen molar-refractivity contribution in [1.29, 1.82) is 0 Å². The number of carbonyl (C=O) groups excluding carboxylic acids is 1. The number of hydrogen-bond donors (Lipinski definition) is 1. The number of benzene rings is 3. The van der Waals surface area contributed by atoms with E-state index < -0.39 is 11.6 Å². The fourth-order valence-corrected chi connectivity index (χ4v) is 4.10. The molecule has 2 atom stereocenters. The SMILES string of the molecule is CC1(c2ccc(-c3ccccc3)cc2)CC(Nc2cc(Cl)cc(Cl)c2)C(=O)O1. The molecule has 28 heavy (non-hydrogen) atoms. The molecule has 3 aromatic rings. The number of cyclic esters (lactones) is 1. The second kappa shape index (κ2) is 7.50. The number of halogens is 2. The van der Waals surface area contributed by atoms with Gasteiger partial charge in [0.15, 0.2) is 0 Å². The standard InChI is InChI=1S/C23H19Cl2NO2/c1-23(17-9-7-16(8-10-17)15-5-3-2-4-6-15)14-21(22(27)28-23)26-20-12-18(24)11-19(25)13-20/h2-13,21,26H,14H2,1H3. The molecule has 0 aromatic heterocycles. The van der Waals surface area contributed by atoms with Gasteiger partial charge in [-0.05, 0) is 41.8 Å². The second-order valence-electron chi connectivity index (χ2n) is 7.15. The largest absolute Gasteiger partial charge is 0.453 e. The summed E-state index contributed by atoms with van der Waals surface area (Å²) >= 11 is 12.1. The Hall–Kier alpha value is -2.49. The Labute approximate surface area is 174 Å². The minimum absolute atomic E-state index is 0.286. The average molecular weight is 412 g/mol. The number of nitrogens with one attached hydrogen (secondary N) is 1. The molecule has 0 aliphatic carbocycles. The first-order valence-electron chi connectivity index (χ1n) is 9.04. The minimum Gasteiger partial charge on any atom is -0.453 e. The molecule has 0 bridgehead atoms. The van der Waals surface area contributed by atoms with E-state index in [9.17, 15) is 4.79 Å². The molecule has 1 aliphatic heterocycles. The highest BCUT2D eigenvalue weighted by Crippen LogP contribution is 2.38. The van der Waals surface area contributed by atoms with Crippen LogP contribution in [0.4, 0.5) is 5.69 Å². The van der Waals surface area contributed by atoms with Crippen LogP contribution in [0.5, 0.6) is 0 Å². The van der Waals surface area contributed by atoms with Gasteiger partial charge < -0.3 is 10.1 Å². The average Bonchev–Trinajstić information content (AvgIpc) is 2.96. The van der Waals surface area contributed by atoms with Gasteiger partial charge in [0.2, 0.25) is 0 Å². The Bertz CT molecular complexity index is 985. The summed E-state index contributed by atoms with van der Waals surface area (Å²) in [6, 6.07) is 23.0. The van der Waals surface area contributed by atoms with Crippen molar-refractivity contribution in [2.24, 2.45) is 0 Å². The molecule has 5 heteroatoms. The third-order valence-electron chi connectivity index (χ3n) is 5.01. The number of ether oxygens (including phenoxy) is 1. The van der Waals surface area contributed by atoms with Gasteiger partial charge in [-0.1, -0.05) is 77.8 Å². The van der Waals surface area contributed by atoms with E-state index in [1.54, 1.807) is 18.2 Å². The van der Waals surface area contributed by atoms with Gasteiger partial charge in [-0.15, -0.1) is 0 Å². The van der Waals surface area contributed by atoms with Crippen LogP contribution in [0.2, 0.25) is 10.0 Å². The molecular formula is C23H19Cl2NO2. The number of esters is 1. The molecule has 0 spiro atoms. The lowest BCUT2D eigenvalue weighted by Crippen LogP contribution is -2.25. The van der Waals surface area contributed by atoms with Gasteiger partial charge in [-0.25, -0.2) is 4.79 Å². The molecule has 2 unspecified atom stereocenters. The van der Waals surface area contributed by atoms with E-state index in [0.717, 1.165) is 16.7 Å². The summed E-state index contributed by atoms with van der Waals surface area (Å²) in [6.45, 7) is 1.94. The third kappa shape index (κ3) is 3.87. The predicted molar refractivity (Wildman–Crippen MR) is 114 cm³/mol. The fourth-order valence-electron chi connectivity index (χ4n) is 3.58. The van der Waals surface area contributed by atoms with Crippen LogP contribution in [-0.2, 0) is 15.1 Å². The van der Waals surface area contributed by atoms with E-state index in [2.05, 4.69) is 29.6 Å². The van der Waals surface area contributed by atoms with E-state index in [0.29, 0.717) is 22.2 Å². The van der Waals surface area contributed by atoms with Crippen molar-refractivity contribution < 1.29 is 9.53 Å². The van der Waals surface area contributed by atoms with E-state index in [4.69, 9.17) is 27.9 Å². The summed E-state index contributed by atoms with van der Waals surface area (Å²) < 4.78 is 5.76. The van der Waals surface area contributed by atoms with Crippen molar-refractivity contribution in [3.8, 4) is 11.1 Å². The number of rotatable bonds is 4. The van der Waals surface area contributed by atoms with Crippen LogP contribution in [0.3, 0.4) is 0 Å². The Morgan fingerprint density at radius 3 is 2.18 bits per heavy atom. The van der Waals surface area contributed by atoms with E-state index in [1.807, 2.05) is 37.3 Å². The number of carbonyl (C=O) groups is 1. The van der Waals surface area contributed by atoms with E-state index in [1.165, 1.54) is 0 Å².